The predicted molar refractivity (Wildman–Crippen MR) is 87.5 cm³/mol. The van der Waals surface area contributed by atoms with Gasteiger partial charge in [-0.3, -0.25) is 4.79 Å². The minimum absolute atomic E-state index is 0.0598. The first kappa shape index (κ1) is 17.7. The van der Waals surface area contributed by atoms with Crippen LogP contribution in [0.2, 0.25) is 0 Å². The quantitative estimate of drug-likeness (QED) is 0.802. The summed E-state index contributed by atoms with van der Waals surface area (Å²) in [5.74, 6) is -1.80. The maximum absolute atomic E-state index is 13.6. The van der Waals surface area contributed by atoms with E-state index < -0.39 is 27.4 Å². The van der Waals surface area contributed by atoms with Crippen molar-refractivity contribution in [2.75, 3.05) is 6.54 Å². The van der Waals surface area contributed by atoms with Crippen molar-refractivity contribution in [1.29, 1.82) is 0 Å². The third kappa shape index (κ3) is 4.70. The monoisotopic (exact) mass is 369 g/mol. The predicted octanol–water partition coefficient (Wildman–Crippen LogP) is 1.52. The fourth-order valence-electron chi connectivity index (χ4n) is 2.44. The van der Waals surface area contributed by atoms with E-state index in [1.165, 1.54) is 10.7 Å². The van der Waals surface area contributed by atoms with Gasteiger partial charge >= 0.3 is 0 Å². The molecule has 0 radical (unpaired) electrons. The highest BCUT2D eigenvalue weighted by Gasteiger charge is 2.25. The van der Waals surface area contributed by atoms with Gasteiger partial charge in [0.1, 0.15) is 11.6 Å². The topological polar surface area (TPSA) is 81.1 Å². The van der Waals surface area contributed by atoms with Crippen LogP contribution in [0.3, 0.4) is 0 Å². The molecule has 1 aliphatic carbocycles. The maximum atomic E-state index is 13.6. The molecule has 3 rings (SSSR count). The lowest BCUT2D eigenvalue weighted by Gasteiger charge is -2.09. The Hall–Kier alpha value is -2.13. The van der Waals surface area contributed by atoms with Gasteiger partial charge in [-0.15, -0.1) is 0 Å². The van der Waals surface area contributed by atoms with Crippen LogP contribution in [-0.2, 0) is 22.3 Å². The number of benzene rings is 1. The van der Waals surface area contributed by atoms with Gasteiger partial charge in [0.25, 0.3) is 5.56 Å². The third-order valence-electron chi connectivity index (χ3n) is 3.88. The molecular formula is C16H17F2N3O3S. The van der Waals surface area contributed by atoms with Crippen molar-refractivity contribution in [1.82, 2.24) is 14.5 Å². The molecule has 25 heavy (non-hydrogen) atoms. The number of nitrogens with zero attached hydrogens (tertiary/aromatic N) is 2. The van der Waals surface area contributed by atoms with E-state index in [4.69, 9.17) is 0 Å². The lowest BCUT2D eigenvalue weighted by Crippen LogP contribution is -2.33. The van der Waals surface area contributed by atoms with E-state index in [0.717, 1.165) is 36.7 Å². The molecule has 0 aliphatic heterocycles. The van der Waals surface area contributed by atoms with Crippen molar-refractivity contribution in [3.63, 3.8) is 0 Å². The molecule has 1 heterocycles. The Labute approximate surface area is 143 Å². The van der Waals surface area contributed by atoms with Crippen molar-refractivity contribution in [2.24, 2.45) is 0 Å². The normalized spacial score (nSPS) is 14.6. The average Bonchev–Trinajstić information content (AvgIpc) is 3.37. The summed E-state index contributed by atoms with van der Waals surface area (Å²) in [4.78, 5) is 11.8. The van der Waals surface area contributed by atoms with E-state index in [1.807, 2.05) is 0 Å². The van der Waals surface area contributed by atoms with E-state index in [2.05, 4.69) is 9.82 Å². The van der Waals surface area contributed by atoms with Gasteiger partial charge in [-0.2, -0.15) is 5.10 Å². The van der Waals surface area contributed by atoms with Crippen LogP contribution in [0.15, 0.2) is 35.1 Å². The number of hydrogen-bond donors (Lipinski definition) is 1. The van der Waals surface area contributed by atoms with Gasteiger partial charge in [-0.1, -0.05) is 0 Å². The van der Waals surface area contributed by atoms with Gasteiger partial charge < -0.3 is 0 Å². The Balaban J connectivity index is 1.62. The van der Waals surface area contributed by atoms with Gasteiger partial charge in [0.15, 0.2) is 0 Å². The number of aromatic nitrogens is 2. The van der Waals surface area contributed by atoms with Crippen molar-refractivity contribution in [2.45, 2.75) is 31.1 Å². The second-order valence-electron chi connectivity index (χ2n) is 5.98. The van der Waals surface area contributed by atoms with Crippen molar-refractivity contribution < 1.29 is 17.2 Å². The summed E-state index contributed by atoms with van der Waals surface area (Å²) in [7, 11) is -3.87. The van der Waals surface area contributed by atoms with Gasteiger partial charge in [0.2, 0.25) is 10.0 Å². The largest absolute Gasteiger partial charge is 0.268 e. The zero-order valence-corrected chi connectivity index (χ0v) is 14.1. The molecule has 0 amide bonds. The molecule has 2 aromatic rings. The second-order valence-corrected chi connectivity index (χ2v) is 7.79. The Morgan fingerprint density at radius 3 is 2.68 bits per heavy atom. The van der Waals surface area contributed by atoms with E-state index >= 15 is 0 Å². The fourth-order valence-corrected chi connectivity index (χ4v) is 3.57. The highest BCUT2D eigenvalue weighted by atomic mass is 32.2. The zero-order valence-electron chi connectivity index (χ0n) is 13.3. The van der Waals surface area contributed by atoms with Crippen LogP contribution in [0.5, 0.6) is 0 Å². The Morgan fingerprint density at radius 2 is 1.96 bits per heavy atom. The summed E-state index contributed by atoms with van der Waals surface area (Å²) in [6.07, 6.45) is 2.08. The molecule has 1 aromatic heterocycles. The molecule has 1 saturated carbocycles. The summed E-state index contributed by atoms with van der Waals surface area (Å²) in [6.45, 7) is -0.00937. The molecule has 6 nitrogen and oxygen atoms in total. The van der Waals surface area contributed by atoms with Crippen LogP contribution in [-0.4, -0.2) is 24.7 Å². The zero-order chi connectivity index (χ0) is 18.0. The molecule has 134 valence electrons. The molecule has 0 unspecified atom stereocenters. The Kier molecular flexibility index (Phi) is 4.96. The minimum atomic E-state index is -3.87. The standard InChI is InChI=1S/C16H17F2N3O3S/c17-13-3-4-14(18)12(9-13)10-25(23,24)19-7-8-21-16(22)6-5-15(20-21)11-1-2-11/h3-6,9,11,19H,1-2,7-8,10H2. The van der Waals surface area contributed by atoms with Crippen molar-refractivity contribution in [3.05, 3.63) is 63.6 Å². The molecule has 0 atom stereocenters. The summed E-state index contributed by atoms with van der Waals surface area (Å²) >= 11 is 0. The smallest absolute Gasteiger partial charge is 0.266 e. The maximum Gasteiger partial charge on any atom is 0.266 e. The Morgan fingerprint density at radius 1 is 1.20 bits per heavy atom. The van der Waals surface area contributed by atoms with Gasteiger partial charge in [0.05, 0.1) is 18.0 Å². The first-order chi connectivity index (χ1) is 11.8. The van der Waals surface area contributed by atoms with E-state index in [1.54, 1.807) is 6.07 Å². The second kappa shape index (κ2) is 7.01. The minimum Gasteiger partial charge on any atom is -0.268 e. The molecule has 1 fully saturated rings. The molecule has 1 aromatic carbocycles. The first-order valence-corrected chi connectivity index (χ1v) is 9.48. The van der Waals surface area contributed by atoms with Gasteiger partial charge in [-0.25, -0.2) is 26.6 Å². The first-order valence-electron chi connectivity index (χ1n) is 7.83. The van der Waals surface area contributed by atoms with Crippen LogP contribution < -0.4 is 10.3 Å². The summed E-state index contributed by atoms with van der Waals surface area (Å²) < 4.78 is 54.2. The molecule has 9 heteroatoms. The highest BCUT2D eigenvalue weighted by molar-refractivity contribution is 7.88. The number of nitrogens with one attached hydrogen (secondary N) is 1. The number of halogens is 2. The number of rotatable bonds is 7. The van der Waals surface area contributed by atoms with Crippen LogP contribution in [0, 0.1) is 11.6 Å². The molecule has 0 bridgehead atoms. The summed E-state index contributed by atoms with van der Waals surface area (Å²) in [5, 5.41) is 4.22. The van der Waals surface area contributed by atoms with Crippen molar-refractivity contribution in [3.8, 4) is 0 Å². The lowest BCUT2D eigenvalue weighted by molar-refractivity contribution is 0.538. The molecule has 0 saturated heterocycles. The van der Waals surface area contributed by atoms with Crippen LogP contribution in [0.4, 0.5) is 8.78 Å². The number of sulfonamides is 1. The summed E-state index contributed by atoms with van der Waals surface area (Å²) in [5.41, 5.74) is 0.252. The van der Waals surface area contributed by atoms with E-state index in [-0.39, 0.29) is 24.2 Å². The lowest BCUT2D eigenvalue weighted by atomic mass is 10.2. The Bertz CT molecular complexity index is 940. The molecule has 1 aliphatic rings. The fraction of sp³-hybridized carbons (Fsp3) is 0.375. The summed E-state index contributed by atoms with van der Waals surface area (Å²) in [6, 6.07) is 5.75. The molecule has 0 spiro atoms. The van der Waals surface area contributed by atoms with Gasteiger partial charge in [-0.05, 0) is 37.1 Å². The van der Waals surface area contributed by atoms with Gasteiger partial charge in [0, 0.05) is 24.1 Å². The highest BCUT2D eigenvalue weighted by Crippen LogP contribution is 2.38. The molecule has 1 N–H and O–H groups in total. The molecular weight excluding hydrogens is 352 g/mol. The SMILES string of the molecule is O=c1ccc(C2CC2)nn1CCNS(=O)(=O)Cc1cc(F)ccc1F. The van der Waals surface area contributed by atoms with E-state index in [9.17, 15) is 22.0 Å². The third-order valence-corrected chi connectivity index (χ3v) is 5.22. The van der Waals surface area contributed by atoms with Crippen molar-refractivity contribution >= 4 is 10.0 Å². The van der Waals surface area contributed by atoms with Crippen LogP contribution >= 0.6 is 0 Å². The van der Waals surface area contributed by atoms with Crippen LogP contribution in [0.25, 0.3) is 0 Å². The number of hydrogen-bond acceptors (Lipinski definition) is 4. The average molecular weight is 369 g/mol. The van der Waals surface area contributed by atoms with E-state index in [0.29, 0.717) is 5.92 Å². The van der Waals surface area contributed by atoms with Crippen LogP contribution in [0.1, 0.15) is 30.0 Å².